The van der Waals surface area contributed by atoms with Crippen LogP contribution in [0.25, 0.3) is 22.5 Å². The molecule has 0 fully saturated rings. The summed E-state index contributed by atoms with van der Waals surface area (Å²) >= 11 is 0. The number of benzene rings is 3. The molecule has 10 N–H and O–H groups in total. The summed E-state index contributed by atoms with van der Waals surface area (Å²) in [6.45, 7) is 6.15. The molecule has 2 heterocycles. The van der Waals surface area contributed by atoms with Crippen molar-refractivity contribution in [2.24, 2.45) is 11.5 Å². The number of likely N-dealkylation sites (N-methyl/N-ethyl adjacent to an activating group) is 1. The first-order valence-corrected chi connectivity index (χ1v) is 20.3. The van der Waals surface area contributed by atoms with Gasteiger partial charge in [-0.15, -0.1) is 0 Å². The Bertz CT molecular complexity index is 2310. The van der Waals surface area contributed by atoms with E-state index >= 15 is 0 Å². The molecule has 19 heteroatoms. The van der Waals surface area contributed by atoms with E-state index in [1.54, 1.807) is 49.4 Å². The van der Waals surface area contributed by atoms with Gasteiger partial charge >= 0.3 is 5.97 Å². The Morgan fingerprint density at radius 2 is 1.71 bits per heavy atom. The zero-order valence-corrected chi connectivity index (χ0v) is 35.7. The van der Waals surface area contributed by atoms with E-state index in [0.29, 0.717) is 41.4 Å². The minimum absolute atomic E-state index is 0.00244. The van der Waals surface area contributed by atoms with Gasteiger partial charge in [-0.3, -0.25) is 19.2 Å². The predicted octanol–water partition coefficient (Wildman–Crippen LogP) is 1.60. The number of rotatable bonds is 16. The number of aromatic nitrogens is 2. The minimum atomic E-state index is -1.56. The second-order valence-electron chi connectivity index (χ2n) is 15.2. The molecule has 0 saturated carbocycles. The first-order valence-electron chi connectivity index (χ1n) is 20.3. The number of ether oxygens (including phenoxy) is 3. The number of carboxylic acid groups (broad SMARTS) is 1. The van der Waals surface area contributed by atoms with Gasteiger partial charge in [0.25, 0.3) is 5.91 Å². The lowest BCUT2D eigenvalue weighted by atomic mass is 9.93. The van der Waals surface area contributed by atoms with Gasteiger partial charge in [-0.05, 0) is 100 Å². The number of nitrogens with zero attached hydrogens (tertiary/aromatic N) is 3. The van der Waals surface area contributed by atoms with E-state index in [2.05, 4.69) is 25.9 Å². The number of hydrogen-bond acceptors (Lipinski definition) is 14. The van der Waals surface area contributed by atoms with E-state index in [4.69, 9.17) is 25.7 Å². The van der Waals surface area contributed by atoms with Crippen molar-refractivity contribution in [3.63, 3.8) is 0 Å². The summed E-state index contributed by atoms with van der Waals surface area (Å²) < 4.78 is 17.6. The molecule has 0 spiro atoms. The van der Waals surface area contributed by atoms with Crippen LogP contribution in [0.4, 0.5) is 0 Å². The second-order valence-corrected chi connectivity index (χ2v) is 15.2. The Hall–Kier alpha value is -6.83. The van der Waals surface area contributed by atoms with E-state index in [9.17, 15) is 39.3 Å². The van der Waals surface area contributed by atoms with E-state index < -0.39 is 66.1 Å². The Kier molecular flexibility index (Phi) is 16.0. The highest BCUT2D eigenvalue weighted by Crippen LogP contribution is 2.44. The van der Waals surface area contributed by atoms with Crippen molar-refractivity contribution in [3.05, 3.63) is 83.2 Å². The fourth-order valence-corrected chi connectivity index (χ4v) is 6.61. The second kappa shape index (κ2) is 21.3. The molecule has 5 rings (SSSR count). The molecule has 1 aliphatic heterocycles. The number of aliphatic hydroxyl groups excluding tert-OH is 1. The zero-order valence-electron chi connectivity index (χ0n) is 35.7. The third-order valence-electron chi connectivity index (χ3n) is 10.0. The molecule has 19 nitrogen and oxygen atoms in total. The molecule has 3 aromatic carbocycles. The van der Waals surface area contributed by atoms with Gasteiger partial charge in [0.1, 0.15) is 42.3 Å². The van der Waals surface area contributed by atoms with Crippen molar-refractivity contribution < 1.29 is 53.5 Å². The van der Waals surface area contributed by atoms with Crippen molar-refractivity contribution in [3.8, 4) is 45.5 Å². The number of carbonyl (C=O) groups excluding carboxylic acids is 4. The van der Waals surface area contributed by atoms with E-state index in [1.165, 1.54) is 32.3 Å². The first-order chi connectivity index (χ1) is 30.0. The molecule has 4 bridgehead atoms. The number of amides is 4. The Labute approximate surface area is 364 Å². The largest absolute Gasteiger partial charge is 0.504 e. The number of nitrogens with one attached hydrogen (secondary N) is 3. The molecule has 0 radical (unpaired) electrons. The molecule has 0 aliphatic carbocycles. The van der Waals surface area contributed by atoms with E-state index in [1.807, 2.05) is 13.8 Å². The summed E-state index contributed by atoms with van der Waals surface area (Å²) in [7, 11) is 1.31. The maximum atomic E-state index is 14.3. The standard InChI is InChI=1S/C44H54N8O11/c1-23(2)63-30-10-8-27(9-11-30)40-47-20-33(24(3)49-40)42(57)48-21-37(54)52(5)38-28-17-32(39(55)36(18-28)62-22-29(53)19-46)31-15-26(7-12-35(31)61-14-6-13-45)16-34(44(59)60)51-41(56)25(4)50-43(38)58/h7-12,15,17-18,20,23,25,29,34,38,53,55H,6,13-14,16,19,21-22,45-46H2,1-5H3,(H,48,57)(H,50,58)(H,51,56)(H,59,60)/t25-,29+,34-,38-/m0/s1. The number of aliphatic hydroxyl groups is 1. The summed E-state index contributed by atoms with van der Waals surface area (Å²) in [6.07, 6.45) is 0.479. The van der Waals surface area contributed by atoms with Crippen molar-refractivity contribution >= 4 is 29.6 Å². The van der Waals surface area contributed by atoms with Gasteiger partial charge in [-0.25, -0.2) is 14.8 Å². The molecule has 4 amide bonds. The number of carboxylic acids is 1. The Morgan fingerprint density at radius 3 is 2.37 bits per heavy atom. The average Bonchev–Trinajstić information content (AvgIpc) is 3.25. The van der Waals surface area contributed by atoms with Gasteiger partial charge in [0.2, 0.25) is 17.7 Å². The van der Waals surface area contributed by atoms with Crippen molar-refractivity contribution in [2.75, 3.05) is 39.9 Å². The molecule has 4 aromatic rings. The molecule has 1 aliphatic rings. The fraction of sp³-hybridized carbons (Fsp3) is 0.386. The van der Waals surface area contributed by atoms with Crippen LogP contribution >= 0.6 is 0 Å². The van der Waals surface area contributed by atoms with Crippen molar-refractivity contribution in [2.45, 2.75) is 70.9 Å². The van der Waals surface area contributed by atoms with Gasteiger partial charge in [0, 0.05) is 42.9 Å². The number of phenolic OH excluding ortho intramolecular Hbond substituents is 1. The van der Waals surface area contributed by atoms with Crippen LogP contribution in [0.3, 0.4) is 0 Å². The molecule has 0 unspecified atom stereocenters. The van der Waals surface area contributed by atoms with Crippen LogP contribution in [0.1, 0.15) is 60.4 Å². The Morgan fingerprint density at radius 1 is 0.984 bits per heavy atom. The molecule has 0 saturated heterocycles. The highest BCUT2D eigenvalue weighted by molar-refractivity contribution is 5.98. The summed E-state index contributed by atoms with van der Waals surface area (Å²) in [5.74, 6) is -3.82. The summed E-state index contributed by atoms with van der Waals surface area (Å²) in [6, 6.07) is 10.4. The molecule has 4 atom stereocenters. The highest BCUT2D eigenvalue weighted by Gasteiger charge is 2.34. The monoisotopic (exact) mass is 870 g/mol. The fourth-order valence-electron chi connectivity index (χ4n) is 6.61. The molecule has 336 valence electrons. The van der Waals surface area contributed by atoms with Crippen LogP contribution in [-0.4, -0.2) is 124 Å². The van der Waals surface area contributed by atoms with Gasteiger partial charge in [0.15, 0.2) is 17.3 Å². The van der Waals surface area contributed by atoms with Gasteiger partial charge < -0.3 is 61.8 Å². The number of aryl methyl sites for hydroxylation is 1. The van der Waals surface area contributed by atoms with Crippen molar-refractivity contribution in [1.29, 1.82) is 0 Å². The summed E-state index contributed by atoms with van der Waals surface area (Å²) in [5.41, 5.74) is 13.3. The zero-order chi connectivity index (χ0) is 46.0. The average molecular weight is 871 g/mol. The maximum Gasteiger partial charge on any atom is 0.326 e. The quantitative estimate of drug-likeness (QED) is 0.0742. The first kappa shape index (κ1) is 47.2. The third-order valence-corrected chi connectivity index (χ3v) is 10.0. The van der Waals surface area contributed by atoms with Gasteiger partial charge in [-0.2, -0.15) is 0 Å². The van der Waals surface area contributed by atoms with Crippen molar-refractivity contribution in [1.82, 2.24) is 30.8 Å². The minimum Gasteiger partial charge on any atom is -0.504 e. The van der Waals surface area contributed by atoms with Crippen LogP contribution in [0, 0.1) is 6.92 Å². The number of aliphatic carboxylic acids is 1. The molecular weight excluding hydrogens is 817 g/mol. The van der Waals surface area contributed by atoms with Crippen LogP contribution in [-0.2, 0) is 25.6 Å². The van der Waals surface area contributed by atoms with Crippen LogP contribution in [0.5, 0.6) is 23.0 Å². The lowest BCUT2D eigenvalue weighted by Gasteiger charge is -2.30. The highest BCUT2D eigenvalue weighted by atomic mass is 16.5. The topological polar surface area (TPSA) is 291 Å². The number of fused-ring (bicyclic) bond motifs is 5. The number of carbonyl (C=O) groups is 5. The number of hydrogen-bond donors (Lipinski definition) is 8. The van der Waals surface area contributed by atoms with E-state index in [0.717, 1.165) is 4.90 Å². The predicted molar refractivity (Wildman–Crippen MR) is 230 cm³/mol. The lowest BCUT2D eigenvalue weighted by Crippen LogP contribution is -2.53. The number of phenols is 1. The molecule has 1 aromatic heterocycles. The van der Waals surface area contributed by atoms with Gasteiger partial charge in [-0.1, -0.05) is 6.07 Å². The van der Waals surface area contributed by atoms with Crippen LogP contribution in [0.15, 0.2) is 60.8 Å². The summed E-state index contributed by atoms with van der Waals surface area (Å²) in [5, 5.41) is 39.7. The summed E-state index contributed by atoms with van der Waals surface area (Å²) in [4.78, 5) is 77.4. The van der Waals surface area contributed by atoms with Crippen LogP contribution in [0.2, 0.25) is 0 Å². The Balaban J connectivity index is 1.52. The SMILES string of the molecule is Cc1nc(-c2ccc(OC(C)C)cc2)ncc1C(=O)NCC(=O)N(C)[C@@H]1C(=O)N[C@@H](C)C(=O)N[C@H](C(=O)O)Cc2ccc(OCCCN)c(c2)-c2cc1cc(OC[C@H](O)CN)c2O. The van der Waals surface area contributed by atoms with Crippen LogP contribution < -0.4 is 41.6 Å². The number of nitrogens with two attached hydrogens (primary N) is 2. The maximum absolute atomic E-state index is 14.3. The molecular formula is C44H54N8O11. The normalized spacial score (nSPS) is 16.8. The van der Waals surface area contributed by atoms with Gasteiger partial charge in [0.05, 0.1) is 30.5 Å². The lowest BCUT2D eigenvalue weighted by molar-refractivity contribution is -0.142. The number of aromatic hydroxyl groups is 1. The third kappa shape index (κ3) is 12.0. The molecule has 63 heavy (non-hydrogen) atoms. The van der Waals surface area contributed by atoms with E-state index in [-0.39, 0.29) is 66.0 Å². The smallest absolute Gasteiger partial charge is 0.326 e.